The van der Waals surface area contributed by atoms with Crippen molar-refractivity contribution in [3.63, 3.8) is 0 Å². The molecular weight excluding hydrogens is 433 g/mol. The van der Waals surface area contributed by atoms with Gasteiger partial charge in [-0.2, -0.15) is 0 Å². The number of halogens is 1. The second-order valence-corrected chi connectivity index (χ2v) is 9.16. The molecule has 0 fully saturated rings. The van der Waals surface area contributed by atoms with E-state index in [0.29, 0.717) is 12.3 Å². The average Bonchev–Trinajstić information content (AvgIpc) is 2.52. The Hall–Kier alpha value is -0.630. The van der Waals surface area contributed by atoms with Gasteiger partial charge >= 0.3 is 0 Å². The Morgan fingerprint density at radius 2 is 1.96 bits per heavy atom. The maximum absolute atomic E-state index is 12.2. The van der Waals surface area contributed by atoms with E-state index in [1.54, 1.807) is 0 Å². The van der Waals surface area contributed by atoms with Gasteiger partial charge in [0.15, 0.2) is 5.96 Å². The SMILES string of the molecule is CCNC(=NCCS(=O)C(C)(C)C)N1CCc2ccccc2C1.I. The third-order valence-corrected chi connectivity index (χ3v) is 5.91. The third-order valence-electron chi connectivity index (χ3n) is 3.99. The maximum Gasteiger partial charge on any atom is 0.194 e. The van der Waals surface area contributed by atoms with Crippen LogP contribution in [0.1, 0.15) is 38.8 Å². The lowest BCUT2D eigenvalue weighted by molar-refractivity contribution is 0.379. The fourth-order valence-electron chi connectivity index (χ4n) is 2.64. The molecule has 0 aliphatic carbocycles. The van der Waals surface area contributed by atoms with Crippen molar-refractivity contribution < 1.29 is 4.21 Å². The summed E-state index contributed by atoms with van der Waals surface area (Å²) in [6, 6.07) is 8.61. The fraction of sp³-hybridized carbons (Fsp3) is 0.611. The monoisotopic (exact) mass is 463 g/mol. The van der Waals surface area contributed by atoms with Crippen molar-refractivity contribution in [2.45, 2.75) is 45.4 Å². The highest BCUT2D eigenvalue weighted by molar-refractivity contribution is 14.0. The molecule has 1 aromatic carbocycles. The smallest absolute Gasteiger partial charge is 0.194 e. The lowest BCUT2D eigenvalue weighted by atomic mass is 10.0. The molecule has 2 rings (SSSR count). The lowest BCUT2D eigenvalue weighted by Crippen LogP contribution is -2.44. The van der Waals surface area contributed by atoms with E-state index in [0.717, 1.165) is 32.0 Å². The second-order valence-electron chi connectivity index (χ2n) is 6.84. The summed E-state index contributed by atoms with van der Waals surface area (Å²) in [6.45, 7) is 11.4. The van der Waals surface area contributed by atoms with Crippen LogP contribution in [0.25, 0.3) is 0 Å². The van der Waals surface area contributed by atoms with Crippen LogP contribution in [0.15, 0.2) is 29.3 Å². The number of rotatable bonds is 4. The van der Waals surface area contributed by atoms with Crippen LogP contribution in [0.2, 0.25) is 0 Å². The molecule has 1 aliphatic rings. The minimum Gasteiger partial charge on any atom is -0.357 e. The summed E-state index contributed by atoms with van der Waals surface area (Å²) >= 11 is 0. The average molecular weight is 463 g/mol. The van der Waals surface area contributed by atoms with Gasteiger partial charge in [0.1, 0.15) is 0 Å². The summed E-state index contributed by atoms with van der Waals surface area (Å²) in [7, 11) is -0.852. The van der Waals surface area contributed by atoms with E-state index in [1.807, 2.05) is 20.8 Å². The predicted octanol–water partition coefficient (Wildman–Crippen LogP) is 3.18. The first-order valence-electron chi connectivity index (χ1n) is 8.40. The molecule has 0 bridgehead atoms. The molecule has 1 aromatic rings. The molecule has 0 radical (unpaired) electrons. The molecule has 1 heterocycles. The van der Waals surface area contributed by atoms with Crippen LogP contribution in [0.4, 0.5) is 0 Å². The van der Waals surface area contributed by atoms with Crippen LogP contribution in [0.5, 0.6) is 0 Å². The molecule has 6 heteroatoms. The Labute approximate surface area is 166 Å². The van der Waals surface area contributed by atoms with Crippen LogP contribution < -0.4 is 5.32 Å². The van der Waals surface area contributed by atoms with E-state index < -0.39 is 10.8 Å². The van der Waals surface area contributed by atoms with Crippen molar-refractivity contribution in [2.75, 3.05) is 25.4 Å². The van der Waals surface area contributed by atoms with Gasteiger partial charge in [-0.3, -0.25) is 9.20 Å². The van der Waals surface area contributed by atoms with E-state index in [9.17, 15) is 4.21 Å². The Morgan fingerprint density at radius 3 is 2.58 bits per heavy atom. The number of nitrogens with zero attached hydrogens (tertiary/aromatic N) is 2. The molecule has 1 aliphatic heterocycles. The first-order chi connectivity index (χ1) is 10.9. The minimum atomic E-state index is -0.852. The molecule has 1 atom stereocenters. The summed E-state index contributed by atoms with van der Waals surface area (Å²) in [4.78, 5) is 7.00. The fourth-order valence-corrected chi connectivity index (χ4v) is 3.51. The molecular formula is C18H30IN3OS. The van der Waals surface area contributed by atoms with Gasteiger partial charge in [0.25, 0.3) is 0 Å². The zero-order chi connectivity index (χ0) is 16.9. The lowest BCUT2D eigenvalue weighted by Gasteiger charge is -2.31. The highest BCUT2D eigenvalue weighted by atomic mass is 127. The summed E-state index contributed by atoms with van der Waals surface area (Å²) in [6.07, 6.45) is 1.05. The minimum absolute atomic E-state index is 0. The number of hydrogen-bond donors (Lipinski definition) is 1. The Balaban J connectivity index is 0.00000288. The van der Waals surface area contributed by atoms with Crippen molar-refractivity contribution in [1.29, 1.82) is 0 Å². The number of aliphatic imine (C=N–C) groups is 1. The van der Waals surface area contributed by atoms with Crippen LogP contribution in [0, 0.1) is 0 Å². The Morgan fingerprint density at radius 1 is 1.29 bits per heavy atom. The van der Waals surface area contributed by atoms with Crippen molar-refractivity contribution >= 4 is 40.7 Å². The van der Waals surface area contributed by atoms with Gasteiger partial charge in [-0.1, -0.05) is 24.3 Å². The zero-order valence-electron chi connectivity index (χ0n) is 15.2. The van der Waals surface area contributed by atoms with Crippen molar-refractivity contribution in [1.82, 2.24) is 10.2 Å². The highest BCUT2D eigenvalue weighted by Crippen LogP contribution is 2.18. The Kier molecular flexibility index (Phi) is 8.70. The maximum atomic E-state index is 12.2. The standard InChI is InChI=1S/C18H29N3OS.HI/c1-5-19-17(20-11-13-23(22)18(2,3)4)21-12-10-15-8-6-7-9-16(15)14-21;/h6-9H,5,10-14H2,1-4H3,(H,19,20);1H. The number of hydrogen-bond acceptors (Lipinski definition) is 2. The largest absolute Gasteiger partial charge is 0.357 e. The number of benzene rings is 1. The van der Waals surface area contributed by atoms with Crippen molar-refractivity contribution in [3.05, 3.63) is 35.4 Å². The number of fused-ring (bicyclic) bond motifs is 1. The molecule has 4 nitrogen and oxygen atoms in total. The van der Waals surface area contributed by atoms with Gasteiger partial charge in [0.05, 0.1) is 6.54 Å². The van der Waals surface area contributed by atoms with E-state index in [-0.39, 0.29) is 28.7 Å². The van der Waals surface area contributed by atoms with Crippen molar-refractivity contribution in [3.8, 4) is 0 Å². The topological polar surface area (TPSA) is 44.7 Å². The molecule has 1 N–H and O–H groups in total. The van der Waals surface area contributed by atoms with E-state index in [4.69, 9.17) is 4.99 Å². The summed E-state index contributed by atoms with van der Waals surface area (Å²) < 4.78 is 12.0. The van der Waals surface area contributed by atoms with Gasteiger partial charge in [-0.15, -0.1) is 24.0 Å². The highest BCUT2D eigenvalue weighted by Gasteiger charge is 2.20. The van der Waals surface area contributed by atoms with Crippen LogP contribution in [-0.4, -0.2) is 45.2 Å². The number of nitrogens with one attached hydrogen (secondary N) is 1. The quantitative estimate of drug-likeness (QED) is 0.424. The second kappa shape index (κ2) is 9.75. The predicted molar refractivity (Wildman–Crippen MR) is 115 cm³/mol. The summed E-state index contributed by atoms with van der Waals surface area (Å²) in [5, 5.41) is 3.37. The Bertz CT molecular complexity index is 584. The molecule has 136 valence electrons. The van der Waals surface area contributed by atoms with Gasteiger partial charge in [-0.05, 0) is 45.2 Å². The van der Waals surface area contributed by atoms with Crippen LogP contribution in [0.3, 0.4) is 0 Å². The molecule has 24 heavy (non-hydrogen) atoms. The normalized spacial score (nSPS) is 16.2. The van der Waals surface area contributed by atoms with E-state index in [2.05, 4.69) is 41.4 Å². The molecule has 0 amide bonds. The summed E-state index contributed by atoms with van der Waals surface area (Å²) in [5.41, 5.74) is 2.82. The first kappa shape index (κ1) is 21.4. The molecule has 1 unspecified atom stereocenters. The van der Waals surface area contributed by atoms with Crippen molar-refractivity contribution in [2.24, 2.45) is 4.99 Å². The molecule has 0 aromatic heterocycles. The van der Waals surface area contributed by atoms with Crippen LogP contribution >= 0.6 is 24.0 Å². The van der Waals surface area contributed by atoms with Crippen LogP contribution in [-0.2, 0) is 23.8 Å². The molecule has 0 saturated carbocycles. The summed E-state index contributed by atoms with van der Waals surface area (Å²) in [5.74, 6) is 1.55. The molecule has 0 spiro atoms. The van der Waals surface area contributed by atoms with Gasteiger partial charge in [0, 0.05) is 40.9 Å². The van der Waals surface area contributed by atoms with E-state index in [1.165, 1.54) is 11.1 Å². The molecule has 0 saturated heterocycles. The third kappa shape index (κ3) is 6.02. The first-order valence-corrected chi connectivity index (χ1v) is 9.72. The zero-order valence-corrected chi connectivity index (χ0v) is 18.3. The van der Waals surface area contributed by atoms with E-state index >= 15 is 0 Å². The number of guanidine groups is 1. The van der Waals surface area contributed by atoms with Gasteiger partial charge < -0.3 is 10.2 Å². The van der Waals surface area contributed by atoms with Gasteiger partial charge in [-0.25, -0.2) is 0 Å². The van der Waals surface area contributed by atoms with Gasteiger partial charge in [0.2, 0.25) is 0 Å².